The molecule has 0 fully saturated rings. The number of halogens is 1. The van der Waals surface area contributed by atoms with E-state index >= 15 is 0 Å². The average molecular weight is 311 g/mol. The van der Waals surface area contributed by atoms with Gasteiger partial charge < -0.3 is 10.0 Å². The highest BCUT2D eigenvalue weighted by Gasteiger charge is 2.09. The summed E-state index contributed by atoms with van der Waals surface area (Å²) in [4.78, 5) is 2.46. The Balaban J connectivity index is 0.00000169. The van der Waals surface area contributed by atoms with Crippen LogP contribution in [0.4, 0.5) is 0 Å². The molecule has 0 aromatic heterocycles. The maximum atomic E-state index is 8.60. The van der Waals surface area contributed by atoms with E-state index in [4.69, 9.17) is 5.11 Å². The van der Waals surface area contributed by atoms with Crippen LogP contribution in [-0.2, 0) is 0 Å². The molecule has 3 heteroatoms. The Morgan fingerprint density at radius 2 is 2.00 bits per heavy atom. The van der Waals surface area contributed by atoms with Crippen LogP contribution in [0.3, 0.4) is 0 Å². The normalized spacial score (nSPS) is 15.3. The topological polar surface area (TPSA) is 23.5 Å². The minimum Gasteiger partial charge on any atom is -0.396 e. The van der Waals surface area contributed by atoms with Gasteiger partial charge >= 0.3 is 0 Å². The minimum atomic E-state index is 0. The Hall–Kier alpha value is 0.230. The Morgan fingerprint density at radius 1 is 1.29 bits per heavy atom. The standard InChI is InChI=1S/C11H21NO.HI/c1-11-7-6-9-12(11)8-4-2-3-5-10-13;/h7,13H,2-6,8-10H2,1H3;1H. The third-order valence-corrected chi connectivity index (χ3v) is 2.67. The molecule has 0 spiro atoms. The van der Waals surface area contributed by atoms with E-state index in [0.29, 0.717) is 6.61 Å². The van der Waals surface area contributed by atoms with Gasteiger partial charge in [-0.3, -0.25) is 0 Å². The molecule has 0 radical (unpaired) electrons. The Morgan fingerprint density at radius 3 is 2.57 bits per heavy atom. The summed E-state index contributed by atoms with van der Waals surface area (Å²) in [5.41, 5.74) is 1.45. The smallest absolute Gasteiger partial charge is 0.0431 e. The fourth-order valence-electron chi connectivity index (χ4n) is 1.79. The van der Waals surface area contributed by atoms with Crippen LogP contribution in [-0.4, -0.2) is 29.7 Å². The SMILES string of the molecule is CC1=CCCN1CCCCCCO.I. The van der Waals surface area contributed by atoms with Gasteiger partial charge in [-0.25, -0.2) is 0 Å². The van der Waals surface area contributed by atoms with Crippen molar-refractivity contribution >= 4 is 24.0 Å². The number of allylic oxidation sites excluding steroid dienone is 1. The van der Waals surface area contributed by atoms with Crippen LogP contribution in [0.15, 0.2) is 11.8 Å². The van der Waals surface area contributed by atoms with Gasteiger partial charge in [0.15, 0.2) is 0 Å². The van der Waals surface area contributed by atoms with Crippen LogP contribution in [0, 0.1) is 0 Å². The van der Waals surface area contributed by atoms with Gasteiger partial charge in [0.25, 0.3) is 0 Å². The molecule has 14 heavy (non-hydrogen) atoms. The zero-order valence-corrected chi connectivity index (χ0v) is 11.4. The van der Waals surface area contributed by atoms with E-state index in [9.17, 15) is 0 Å². The largest absolute Gasteiger partial charge is 0.396 e. The van der Waals surface area contributed by atoms with E-state index in [1.165, 1.54) is 44.5 Å². The first kappa shape index (κ1) is 14.2. The molecule has 0 aliphatic carbocycles. The summed E-state index contributed by atoms with van der Waals surface area (Å²) in [6.07, 6.45) is 8.20. The van der Waals surface area contributed by atoms with Crippen molar-refractivity contribution in [2.24, 2.45) is 0 Å². The molecule has 0 bridgehead atoms. The lowest BCUT2D eigenvalue weighted by Crippen LogP contribution is -2.19. The van der Waals surface area contributed by atoms with E-state index in [-0.39, 0.29) is 24.0 Å². The molecule has 1 aliphatic rings. The maximum Gasteiger partial charge on any atom is 0.0431 e. The molecule has 84 valence electrons. The van der Waals surface area contributed by atoms with Crippen molar-refractivity contribution in [2.45, 2.75) is 39.0 Å². The zero-order chi connectivity index (χ0) is 9.52. The number of aliphatic hydroxyl groups excluding tert-OH is 1. The van der Waals surface area contributed by atoms with E-state index in [2.05, 4.69) is 17.9 Å². The van der Waals surface area contributed by atoms with E-state index in [0.717, 1.165) is 6.42 Å². The predicted molar refractivity (Wildman–Crippen MR) is 70.9 cm³/mol. The quantitative estimate of drug-likeness (QED) is 0.602. The van der Waals surface area contributed by atoms with Gasteiger partial charge in [0.1, 0.15) is 0 Å². The van der Waals surface area contributed by atoms with Crippen molar-refractivity contribution < 1.29 is 5.11 Å². The molecule has 1 N–H and O–H groups in total. The molecule has 0 aromatic rings. The minimum absolute atomic E-state index is 0. The van der Waals surface area contributed by atoms with Crippen LogP contribution in [0.2, 0.25) is 0 Å². The molecular weight excluding hydrogens is 289 g/mol. The fourth-order valence-corrected chi connectivity index (χ4v) is 1.79. The summed E-state index contributed by atoms with van der Waals surface area (Å²) in [6.45, 7) is 4.96. The zero-order valence-electron chi connectivity index (χ0n) is 9.04. The predicted octanol–water partition coefficient (Wildman–Crippen LogP) is 2.77. The van der Waals surface area contributed by atoms with E-state index < -0.39 is 0 Å². The summed E-state index contributed by atoms with van der Waals surface area (Å²) in [5.74, 6) is 0. The first-order chi connectivity index (χ1) is 6.34. The Labute approximate surface area is 104 Å². The van der Waals surface area contributed by atoms with Gasteiger partial charge in [0.05, 0.1) is 0 Å². The van der Waals surface area contributed by atoms with Crippen LogP contribution in [0.5, 0.6) is 0 Å². The van der Waals surface area contributed by atoms with Crippen LogP contribution < -0.4 is 0 Å². The van der Waals surface area contributed by atoms with Crippen molar-refractivity contribution in [1.82, 2.24) is 4.90 Å². The third kappa shape index (κ3) is 5.20. The lowest BCUT2D eigenvalue weighted by Gasteiger charge is -2.19. The second-order valence-corrected chi connectivity index (χ2v) is 3.76. The van der Waals surface area contributed by atoms with Crippen LogP contribution >= 0.6 is 24.0 Å². The number of hydrogen-bond donors (Lipinski definition) is 1. The van der Waals surface area contributed by atoms with E-state index in [1.54, 1.807) is 0 Å². The monoisotopic (exact) mass is 311 g/mol. The molecule has 0 atom stereocenters. The second kappa shape index (κ2) is 8.53. The molecular formula is C11H22INO. The number of nitrogens with zero attached hydrogens (tertiary/aromatic N) is 1. The van der Waals surface area contributed by atoms with E-state index in [1.807, 2.05) is 0 Å². The van der Waals surface area contributed by atoms with Gasteiger partial charge in [-0.2, -0.15) is 0 Å². The highest BCUT2D eigenvalue weighted by molar-refractivity contribution is 14.0. The lowest BCUT2D eigenvalue weighted by molar-refractivity contribution is 0.280. The van der Waals surface area contributed by atoms with Gasteiger partial charge in [-0.1, -0.05) is 18.9 Å². The van der Waals surface area contributed by atoms with Crippen molar-refractivity contribution in [3.05, 3.63) is 11.8 Å². The lowest BCUT2D eigenvalue weighted by atomic mass is 10.2. The highest BCUT2D eigenvalue weighted by Crippen LogP contribution is 2.14. The van der Waals surface area contributed by atoms with Crippen molar-refractivity contribution in [2.75, 3.05) is 19.7 Å². The second-order valence-electron chi connectivity index (χ2n) is 3.76. The van der Waals surface area contributed by atoms with Crippen LogP contribution in [0.1, 0.15) is 39.0 Å². The Kier molecular flexibility index (Phi) is 8.67. The maximum absolute atomic E-state index is 8.60. The van der Waals surface area contributed by atoms with Crippen molar-refractivity contribution in [3.63, 3.8) is 0 Å². The van der Waals surface area contributed by atoms with Gasteiger partial charge in [-0.15, -0.1) is 24.0 Å². The average Bonchev–Trinajstić information content (AvgIpc) is 2.52. The molecule has 0 saturated carbocycles. The summed E-state index contributed by atoms with van der Waals surface area (Å²) >= 11 is 0. The van der Waals surface area contributed by atoms with Gasteiger partial charge in [0, 0.05) is 25.4 Å². The molecule has 1 heterocycles. The summed E-state index contributed by atoms with van der Waals surface area (Å²) in [5, 5.41) is 8.60. The molecule has 0 aromatic carbocycles. The summed E-state index contributed by atoms with van der Waals surface area (Å²) < 4.78 is 0. The fraction of sp³-hybridized carbons (Fsp3) is 0.818. The van der Waals surface area contributed by atoms with Gasteiger partial charge in [0.2, 0.25) is 0 Å². The van der Waals surface area contributed by atoms with Gasteiger partial charge in [-0.05, 0) is 26.2 Å². The molecule has 0 unspecified atom stereocenters. The molecule has 1 aliphatic heterocycles. The first-order valence-corrected chi connectivity index (χ1v) is 5.37. The Bertz CT molecular complexity index is 171. The van der Waals surface area contributed by atoms with Crippen molar-refractivity contribution in [1.29, 1.82) is 0 Å². The number of rotatable bonds is 6. The van der Waals surface area contributed by atoms with Crippen molar-refractivity contribution in [3.8, 4) is 0 Å². The number of aliphatic hydroxyl groups is 1. The summed E-state index contributed by atoms with van der Waals surface area (Å²) in [7, 11) is 0. The molecule has 1 rings (SSSR count). The number of hydrogen-bond acceptors (Lipinski definition) is 2. The molecule has 2 nitrogen and oxygen atoms in total. The first-order valence-electron chi connectivity index (χ1n) is 5.37. The molecule has 0 saturated heterocycles. The van der Waals surface area contributed by atoms with Crippen LogP contribution in [0.25, 0.3) is 0 Å². The highest BCUT2D eigenvalue weighted by atomic mass is 127. The third-order valence-electron chi connectivity index (χ3n) is 2.67. The number of unbranched alkanes of at least 4 members (excludes halogenated alkanes) is 3. The summed E-state index contributed by atoms with van der Waals surface area (Å²) in [6, 6.07) is 0. The molecule has 0 amide bonds.